The predicted molar refractivity (Wildman–Crippen MR) is 104 cm³/mol. The topological polar surface area (TPSA) is 21.3 Å². The molecular weight excluding hydrogens is 306 g/mol. The van der Waals surface area contributed by atoms with E-state index in [4.69, 9.17) is 4.74 Å². The Kier molecular flexibility index (Phi) is 4.98. The van der Waals surface area contributed by atoms with E-state index < -0.39 is 0 Å². The zero-order chi connectivity index (χ0) is 16.9. The van der Waals surface area contributed by atoms with Gasteiger partial charge >= 0.3 is 0 Å². The van der Waals surface area contributed by atoms with Crippen LogP contribution in [-0.4, -0.2) is 19.2 Å². The smallest absolute Gasteiger partial charge is 0.119 e. The van der Waals surface area contributed by atoms with E-state index >= 15 is 0 Å². The van der Waals surface area contributed by atoms with Crippen molar-refractivity contribution >= 4 is 5.57 Å². The van der Waals surface area contributed by atoms with Crippen molar-refractivity contribution in [2.75, 3.05) is 13.2 Å². The van der Waals surface area contributed by atoms with E-state index in [9.17, 15) is 0 Å². The molecular formula is C23H25NO. The van der Waals surface area contributed by atoms with Crippen LogP contribution in [0.3, 0.4) is 0 Å². The normalized spacial score (nSPS) is 19.6. The fourth-order valence-electron chi connectivity index (χ4n) is 3.61. The number of allylic oxidation sites excluding steroid dienone is 4. The first-order chi connectivity index (χ1) is 12.4. The maximum atomic E-state index is 5.90. The first-order valence-electron chi connectivity index (χ1n) is 9.26. The zero-order valence-electron chi connectivity index (χ0n) is 14.6. The summed E-state index contributed by atoms with van der Waals surface area (Å²) in [5.74, 6) is 0.973. The molecule has 1 saturated heterocycles. The van der Waals surface area contributed by atoms with Gasteiger partial charge in [-0.25, -0.2) is 0 Å². The molecule has 1 N–H and O–H groups in total. The molecule has 0 aromatic heterocycles. The highest BCUT2D eigenvalue weighted by Gasteiger charge is 2.14. The quantitative estimate of drug-likeness (QED) is 0.823. The third-order valence-corrected chi connectivity index (χ3v) is 5.05. The Labute approximate surface area is 150 Å². The Morgan fingerprint density at radius 1 is 0.960 bits per heavy atom. The molecule has 2 nitrogen and oxygen atoms in total. The second kappa shape index (κ2) is 7.71. The number of benzene rings is 2. The van der Waals surface area contributed by atoms with Gasteiger partial charge in [0.25, 0.3) is 0 Å². The minimum absolute atomic E-state index is 0.519. The van der Waals surface area contributed by atoms with Gasteiger partial charge in [0.2, 0.25) is 0 Å². The molecule has 0 bridgehead atoms. The third-order valence-electron chi connectivity index (χ3n) is 5.05. The van der Waals surface area contributed by atoms with Gasteiger partial charge in [-0.1, -0.05) is 60.2 Å². The lowest BCUT2D eigenvalue weighted by molar-refractivity contribution is 0.277. The standard InChI is InChI=1S/C23H25NO/c1-2-5-20(6-3-1)21-11-8-19(16-21)15-18-9-12-23(13-10-18)25-17-22-7-4-14-24-22/h1-3,5-6,8-13,22,24H,4,7,14-17H2. The van der Waals surface area contributed by atoms with E-state index in [0.29, 0.717) is 6.04 Å². The molecule has 1 atom stereocenters. The number of hydrogen-bond donors (Lipinski definition) is 1. The van der Waals surface area contributed by atoms with Gasteiger partial charge in [-0.3, -0.25) is 0 Å². The fraction of sp³-hybridized carbons (Fsp3) is 0.304. The van der Waals surface area contributed by atoms with E-state index in [2.05, 4.69) is 72.1 Å². The molecule has 0 radical (unpaired) electrons. The maximum absolute atomic E-state index is 5.90. The van der Waals surface area contributed by atoms with Gasteiger partial charge in [-0.05, 0) is 61.1 Å². The molecule has 2 heteroatoms. The summed E-state index contributed by atoms with van der Waals surface area (Å²) < 4.78 is 5.90. The van der Waals surface area contributed by atoms with Crippen LogP contribution in [0.2, 0.25) is 0 Å². The molecule has 25 heavy (non-hydrogen) atoms. The summed E-state index contributed by atoms with van der Waals surface area (Å²) in [6.45, 7) is 1.90. The van der Waals surface area contributed by atoms with Crippen molar-refractivity contribution in [1.82, 2.24) is 5.32 Å². The lowest BCUT2D eigenvalue weighted by Gasteiger charge is -2.12. The van der Waals surface area contributed by atoms with Crippen molar-refractivity contribution in [3.63, 3.8) is 0 Å². The monoisotopic (exact) mass is 331 g/mol. The second-order valence-electron chi connectivity index (χ2n) is 6.98. The Bertz CT molecular complexity index is 752. The molecule has 2 aromatic rings. The molecule has 2 aromatic carbocycles. The fourth-order valence-corrected chi connectivity index (χ4v) is 3.61. The summed E-state index contributed by atoms with van der Waals surface area (Å²) in [7, 11) is 0. The highest BCUT2D eigenvalue weighted by Crippen LogP contribution is 2.30. The zero-order valence-corrected chi connectivity index (χ0v) is 14.6. The van der Waals surface area contributed by atoms with Gasteiger partial charge in [0.05, 0.1) is 0 Å². The lowest BCUT2D eigenvalue weighted by Crippen LogP contribution is -2.28. The highest BCUT2D eigenvalue weighted by atomic mass is 16.5. The lowest BCUT2D eigenvalue weighted by atomic mass is 9.99. The molecule has 1 aliphatic heterocycles. The Morgan fingerprint density at radius 3 is 2.56 bits per heavy atom. The van der Waals surface area contributed by atoms with Gasteiger partial charge in [0.15, 0.2) is 0 Å². The second-order valence-corrected chi connectivity index (χ2v) is 6.98. The van der Waals surface area contributed by atoms with E-state index in [1.807, 2.05) is 0 Å². The van der Waals surface area contributed by atoms with Crippen LogP contribution in [-0.2, 0) is 6.42 Å². The number of hydrogen-bond acceptors (Lipinski definition) is 2. The van der Waals surface area contributed by atoms with Gasteiger partial charge in [0, 0.05) is 6.04 Å². The van der Waals surface area contributed by atoms with E-state index in [-0.39, 0.29) is 0 Å². The van der Waals surface area contributed by atoms with Crippen molar-refractivity contribution in [2.24, 2.45) is 0 Å². The molecule has 0 spiro atoms. The van der Waals surface area contributed by atoms with Gasteiger partial charge in [-0.2, -0.15) is 0 Å². The first kappa shape index (κ1) is 16.2. The Hall–Kier alpha value is -2.32. The summed E-state index contributed by atoms with van der Waals surface area (Å²) in [4.78, 5) is 0. The van der Waals surface area contributed by atoms with Crippen LogP contribution in [0.25, 0.3) is 5.57 Å². The van der Waals surface area contributed by atoms with Crippen molar-refractivity contribution in [1.29, 1.82) is 0 Å². The Balaban J connectivity index is 1.29. The average Bonchev–Trinajstić information content (AvgIpc) is 3.34. The molecule has 1 heterocycles. The summed E-state index contributed by atoms with van der Waals surface area (Å²) in [5.41, 5.74) is 5.57. The molecule has 0 amide bonds. The predicted octanol–water partition coefficient (Wildman–Crippen LogP) is 4.77. The summed E-state index contributed by atoms with van der Waals surface area (Å²) in [6, 6.07) is 19.8. The van der Waals surface area contributed by atoms with Gasteiger partial charge in [0.1, 0.15) is 12.4 Å². The first-order valence-corrected chi connectivity index (χ1v) is 9.26. The SMILES string of the molecule is C1=C(Cc2ccc(OCC3CCCN3)cc2)CC(c2ccccc2)=C1. The largest absolute Gasteiger partial charge is 0.492 e. The third kappa shape index (κ3) is 4.21. The summed E-state index contributed by atoms with van der Waals surface area (Å²) >= 11 is 0. The minimum Gasteiger partial charge on any atom is -0.492 e. The van der Waals surface area contributed by atoms with Crippen molar-refractivity contribution in [2.45, 2.75) is 31.7 Å². The van der Waals surface area contributed by atoms with Crippen molar-refractivity contribution in [3.8, 4) is 5.75 Å². The molecule has 1 unspecified atom stereocenters. The summed E-state index contributed by atoms with van der Waals surface area (Å²) in [6.07, 6.45) is 9.09. The van der Waals surface area contributed by atoms with Crippen LogP contribution in [0, 0.1) is 0 Å². The van der Waals surface area contributed by atoms with E-state index in [0.717, 1.165) is 31.7 Å². The number of ether oxygens (including phenoxy) is 1. The van der Waals surface area contributed by atoms with Crippen LogP contribution in [0.15, 0.2) is 72.3 Å². The van der Waals surface area contributed by atoms with Crippen LogP contribution in [0.5, 0.6) is 5.75 Å². The van der Waals surface area contributed by atoms with Crippen molar-refractivity contribution in [3.05, 3.63) is 83.4 Å². The average molecular weight is 331 g/mol. The maximum Gasteiger partial charge on any atom is 0.119 e. The van der Waals surface area contributed by atoms with Gasteiger partial charge < -0.3 is 10.1 Å². The molecule has 128 valence electrons. The van der Waals surface area contributed by atoms with Crippen molar-refractivity contribution < 1.29 is 4.74 Å². The van der Waals surface area contributed by atoms with E-state index in [1.54, 1.807) is 0 Å². The number of rotatable bonds is 6. The van der Waals surface area contributed by atoms with Crippen LogP contribution >= 0.6 is 0 Å². The summed E-state index contributed by atoms with van der Waals surface area (Å²) in [5, 5.41) is 3.47. The van der Waals surface area contributed by atoms with Crippen LogP contribution in [0.1, 0.15) is 30.4 Å². The van der Waals surface area contributed by atoms with Crippen LogP contribution < -0.4 is 10.1 Å². The number of nitrogens with one attached hydrogen (secondary N) is 1. The molecule has 2 aliphatic rings. The minimum atomic E-state index is 0.519. The molecule has 1 fully saturated rings. The van der Waals surface area contributed by atoms with Gasteiger partial charge in [-0.15, -0.1) is 0 Å². The highest BCUT2D eigenvalue weighted by molar-refractivity contribution is 5.72. The van der Waals surface area contributed by atoms with Crippen LogP contribution in [0.4, 0.5) is 0 Å². The van der Waals surface area contributed by atoms with E-state index in [1.165, 1.54) is 35.1 Å². The molecule has 0 saturated carbocycles. The molecule has 4 rings (SSSR count). The molecule has 1 aliphatic carbocycles. The Morgan fingerprint density at radius 2 is 1.80 bits per heavy atom.